The van der Waals surface area contributed by atoms with Gasteiger partial charge in [0.2, 0.25) is 6.79 Å². The molecule has 3 rings (SSSR count). The van der Waals surface area contributed by atoms with Gasteiger partial charge in [0.25, 0.3) is 0 Å². The van der Waals surface area contributed by atoms with Crippen molar-refractivity contribution < 1.29 is 9.47 Å². The van der Waals surface area contributed by atoms with Gasteiger partial charge in [0, 0.05) is 18.6 Å². The molecule has 0 bridgehead atoms. The molecule has 2 aliphatic rings. The van der Waals surface area contributed by atoms with Crippen molar-refractivity contribution in [2.75, 3.05) is 20.4 Å². The van der Waals surface area contributed by atoms with Gasteiger partial charge in [-0.05, 0) is 50.4 Å². The second kappa shape index (κ2) is 5.02. The van der Waals surface area contributed by atoms with Crippen LogP contribution in [0, 0.1) is 5.92 Å². The lowest BCUT2D eigenvalue weighted by atomic mass is 10.0. The number of fused-ring (bicyclic) bond motifs is 1. The Hall–Kier alpha value is -1.26. The summed E-state index contributed by atoms with van der Waals surface area (Å²) in [5, 5.41) is 0. The number of hydrogen-bond donors (Lipinski definition) is 1. The number of nitrogens with two attached hydrogens (primary N) is 1. The highest BCUT2D eigenvalue weighted by Gasteiger charge is 2.33. The molecule has 1 aromatic carbocycles. The Bertz CT molecular complexity index is 459. The predicted octanol–water partition coefficient (Wildman–Crippen LogP) is 2.15. The fraction of sp³-hybridized carbons (Fsp3) is 0.600. The van der Waals surface area contributed by atoms with E-state index in [4.69, 9.17) is 15.2 Å². The molecule has 1 fully saturated rings. The predicted molar refractivity (Wildman–Crippen MR) is 74.3 cm³/mol. The van der Waals surface area contributed by atoms with Crippen LogP contribution in [0.2, 0.25) is 0 Å². The minimum Gasteiger partial charge on any atom is -0.454 e. The van der Waals surface area contributed by atoms with Crippen LogP contribution in [0.25, 0.3) is 0 Å². The second-order valence-electron chi connectivity index (χ2n) is 5.61. The van der Waals surface area contributed by atoms with Gasteiger partial charge in [-0.3, -0.25) is 4.90 Å². The van der Waals surface area contributed by atoms with Crippen LogP contribution in [0.4, 0.5) is 0 Å². The van der Waals surface area contributed by atoms with E-state index in [-0.39, 0.29) is 6.04 Å². The zero-order chi connectivity index (χ0) is 13.4. The fourth-order valence-corrected chi connectivity index (χ4v) is 2.85. The van der Waals surface area contributed by atoms with Gasteiger partial charge in [-0.25, -0.2) is 0 Å². The van der Waals surface area contributed by atoms with Crippen molar-refractivity contribution in [1.29, 1.82) is 0 Å². The number of nitrogens with zero attached hydrogens (tertiary/aromatic N) is 1. The first-order valence-electron chi connectivity index (χ1n) is 7.02. The first-order valence-corrected chi connectivity index (χ1v) is 7.02. The average molecular weight is 262 g/mol. The summed E-state index contributed by atoms with van der Waals surface area (Å²) in [4.78, 5) is 2.40. The first-order chi connectivity index (χ1) is 9.20. The van der Waals surface area contributed by atoms with Crippen molar-refractivity contribution in [3.05, 3.63) is 23.8 Å². The molecule has 1 aromatic rings. The van der Waals surface area contributed by atoms with Crippen molar-refractivity contribution in [2.45, 2.75) is 31.8 Å². The van der Waals surface area contributed by atoms with E-state index in [9.17, 15) is 0 Å². The highest BCUT2D eigenvalue weighted by atomic mass is 16.7. The lowest BCUT2D eigenvalue weighted by Gasteiger charge is -2.33. The zero-order valence-electron chi connectivity index (χ0n) is 11.6. The number of benzene rings is 1. The summed E-state index contributed by atoms with van der Waals surface area (Å²) >= 11 is 0. The Morgan fingerprint density at radius 3 is 2.74 bits per heavy atom. The zero-order valence-corrected chi connectivity index (χ0v) is 11.6. The third kappa shape index (κ3) is 2.42. The van der Waals surface area contributed by atoms with Crippen LogP contribution < -0.4 is 15.2 Å². The Labute approximate surface area is 114 Å². The minimum atomic E-state index is 0.241. The van der Waals surface area contributed by atoms with Gasteiger partial charge in [-0.2, -0.15) is 0 Å². The van der Waals surface area contributed by atoms with E-state index in [0.29, 0.717) is 19.4 Å². The molecule has 0 amide bonds. The van der Waals surface area contributed by atoms with Crippen LogP contribution in [-0.2, 0) is 0 Å². The van der Waals surface area contributed by atoms with Gasteiger partial charge in [0.15, 0.2) is 11.5 Å². The summed E-state index contributed by atoms with van der Waals surface area (Å²) in [5.41, 5.74) is 7.21. The number of hydrogen-bond acceptors (Lipinski definition) is 4. The van der Waals surface area contributed by atoms with Gasteiger partial charge < -0.3 is 15.2 Å². The summed E-state index contributed by atoms with van der Waals surface area (Å²) in [7, 11) is 2.17. The smallest absolute Gasteiger partial charge is 0.231 e. The highest BCUT2D eigenvalue weighted by molar-refractivity contribution is 5.45. The number of rotatable bonds is 5. The maximum atomic E-state index is 6.00. The van der Waals surface area contributed by atoms with Crippen LogP contribution in [0.5, 0.6) is 11.5 Å². The molecule has 4 heteroatoms. The molecule has 0 saturated heterocycles. The molecule has 4 nitrogen and oxygen atoms in total. The summed E-state index contributed by atoms with van der Waals surface area (Å²) in [5.74, 6) is 2.51. The topological polar surface area (TPSA) is 47.7 Å². The van der Waals surface area contributed by atoms with E-state index in [2.05, 4.69) is 31.0 Å². The fourth-order valence-electron chi connectivity index (χ4n) is 2.85. The average Bonchev–Trinajstić information content (AvgIpc) is 3.17. The summed E-state index contributed by atoms with van der Waals surface area (Å²) < 4.78 is 10.8. The SMILES string of the molecule is CC(C1CC1)N(C)C(CN)c1ccc2c(c1)OCO2. The van der Waals surface area contributed by atoms with E-state index in [0.717, 1.165) is 17.4 Å². The lowest BCUT2D eigenvalue weighted by molar-refractivity contribution is 0.169. The van der Waals surface area contributed by atoms with Crippen molar-refractivity contribution in [2.24, 2.45) is 11.7 Å². The van der Waals surface area contributed by atoms with E-state index in [1.807, 2.05) is 6.07 Å². The van der Waals surface area contributed by atoms with Gasteiger partial charge in [-0.1, -0.05) is 6.07 Å². The van der Waals surface area contributed by atoms with Gasteiger partial charge >= 0.3 is 0 Å². The third-order valence-electron chi connectivity index (χ3n) is 4.44. The maximum Gasteiger partial charge on any atom is 0.231 e. The molecule has 0 aromatic heterocycles. The van der Waals surface area contributed by atoms with E-state index in [1.165, 1.54) is 18.4 Å². The number of likely N-dealkylation sites (N-methyl/N-ethyl adjacent to an activating group) is 1. The Balaban J connectivity index is 1.81. The standard InChI is InChI=1S/C15H22N2O2/c1-10(11-3-4-11)17(2)13(8-16)12-5-6-14-15(7-12)19-9-18-14/h5-7,10-11,13H,3-4,8-9,16H2,1-2H3. The normalized spacial score (nSPS) is 20.6. The Morgan fingerprint density at radius 1 is 1.32 bits per heavy atom. The molecule has 19 heavy (non-hydrogen) atoms. The first kappa shape index (κ1) is 12.8. The second-order valence-corrected chi connectivity index (χ2v) is 5.61. The van der Waals surface area contributed by atoms with E-state index >= 15 is 0 Å². The Kier molecular flexibility index (Phi) is 3.37. The summed E-state index contributed by atoms with van der Waals surface area (Å²) in [6, 6.07) is 6.97. The van der Waals surface area contributed by atoms with Crippen molar-refractivity contribution in [1.82, 2.24) is 4.90 Å². The lowest BCUT2D eigenvalue weighted by Crippen LogP contribution is -2.38. The molecule has 104 valence electrons. The van der Waals surface area contributed by atoms with E-state index < -0.39 is 0 Å². The van der Waals surface area contributed by atoms with Crippen LogP contribution in [0.3, 0.4) is 0 Å². The molecule has 2 atom stereocenters. The largest absolute Gasteiger partial charge is 0.454 e. The minimum absolute atomic E-state index is 0.241. The summed E-state index contributed by atoms with van der Waals surface area (Å²) in [6.07, 6.45) is 2.70. The van der Waals surface area contributed by atoms with Gasteiger partial charge in [-0.15, -0.1) is 0 Å². The van der Waals surface area contributed by atoms with Crippen molar-refractivity contribution in [3.63, 3.8) is 0 Å². The van der Waals surface area contributed by atoms with Crippen LogP contribution in [0.1, 0.15) is 31.4 Å². The molecular formula is C15H22N2O2. The molecule has 0 radical (unpaired) electrons. The molecule has 0 spiro atoms. The van der Waals surface area contributed by atoms with E-state index in [1.54, 1.807) is 0 Å². The highest BCUT2D eigenvalue weighted by Crippen LogP contribution is 2.39. The molecule has 1 heterocycles. The molecule has 1 aliphatic carbocycles. The Morgan fingerprint density at radius 2 is 2.05 bits per heavy atom. The molecule has 1 aliphatic heterocycles. The summed E-state index contributed by atoms with van der Waals surface area (Å²) in [6.45, 7) is 3.24. The number of ether oxygens (including phenoxy) is 2. The van der Waals surface area contributed by atoms with Crippen LogP contribution in [-0.4, -0.2) is 31.3 Å². The molecule has 2 unspecified atom stereocenters. The van der Waals surface area contributed by atoms with Crippen molar-refractivity contribution in [3.8, 4) is 11.5 Å². The van der Waals surface area contributed by atoms with Gasteiger partial charge in [0.1, 0.15) is 0 Å². The molecule has 2 N–H and O–H groups in total. The van der Waals surface area contributed by atoms with Crippen molar-refractivity contribution >= 4 is 0 Å². The third-order valence-corrected chi connectivity index (χ3v) is 4.44. The molecule has 1 saturated carbocycles. The maximum absolute atomic E-state index is 6.00. The van der Waals surface area contributed by atoms with Crippen LogP contribution in [0.15, 0.2) is 18.2 Å². The molecular weight excluding hydrogens is 240 g/mol. The van der Waals surface area contributed by atoms with Crippen LogP contribution >= 0.6 is 0 Å². The van der Waals surface area contributed by atoms with Gasteiger partial charge in [0.05, 0.1) is 0 Å². The monoisotopic (exact) mass is 262 g/mol. The quantitative estimate of drug-likeness (QED) is 0.883.